The molecule has 2 unspecified atom stereocenters. The molecule has 16 heavy (non-hydrogen) atoms. The van der Waals surface area contributed by atoms with Crippen molar-refractivity contribution in [2.75, 3.05) is 6.54 Å². The van der Waals surface area contributed by atoms with E-state index in [0.717, 1.165) is 30.9 Å². The van der Waals surface area contributed by atoms with Crippen LogP contribution >= 0.6 is 11.3 Å². The van der Waals surface area contributed by atoms with Crippen LogP contribution in [0.1, 0.15) is 35.6 Å². The van der Waals surface area contributed by atoms with Gasteiger partial charge in [0.1, 0.15) is 0 Å². The lowest BCUT2D eigenvalue weighted by Gasteiger charge is -2.25. The Morgan fingerprint density at radius 3 is 3.12 bits per heavy atom. The molecule has 0 spiro atoms. The van der Waals surface area contributed by atoms with Gasteiger partial charge in [-0.15, -0.1) is 11.3 Å². The zero-order valence-corrected chi connectivity index (χ0v) is 10.6. The molecule has 90 valence electrons. The van der Waals surface area contributed by atoms with Gasteiger partial charge in [-0.25, -0.2) is 4.98 Å². The Balaban J connectivity index is 1.67. The SMILES string of the molecule is Cc1ncc(CNCC2CCCC(O)C2)s1. The number of hydrogen-bond donors (Lipinski definition) is 2. The van der Waals surface area contributed by atoms with Crippen molar-refractivity contribution in [2.45, 2.75) is 45.3 Å². The number of rotatable bonds is 4. The first-order valence-corrected chi connectivity index (χ1v) is 6.86. The van der Waals surface area contributed by atoms with Gasteiger partial charge in [-0.1, -0.05) is 6.42 Å². The molecule has 4 heteroatoms. The second-order valence-electron chi connectivity index (χ2n) is 4.66. The van der Waals surface area contributed by atoms with Gasteiger partial charge in [0.05, 0.1) is 11.1 Å². The Labute approximate surface area is 101 Å². The molecule has 1 aliphatic carbocycles. The van der Waals surface area contributed by atoms with Crippen molar-refractivity contribution in [3.8, 4) is 0 Å². The summed E-state index contributed by atoms with van der Waals surface area (Å²) < 4.78 is 0. The topological polar surface area (TPSA) is 45.2 Å². The first-order valence-electron chi connectivity index (χ1n) is 6.04. The molecule has 1 fully saturated rings. The molecule has 0 saturated heterocycles. The largest absolute Gasteiger partial charge is 0.393 e. The predicted octanol–water partition coefficient (Wildman–Crippen LogP) is 2.09. The van der Waals surface area contributed by atoms with Crippen molar-refractivity contribution in [1.29, 1.82) is 0 Å². The van der Waals surface area contributed by atoms with Gasteiger partial charge < -0.3 is 10.4 Å². The Morgan fingerprint density at radius 2 is 2.44 bits per heavy atom. The lowest BCUT2D eigenvalue weighted by Crippen LogP contribution is -2.28. The van der Waals surface area contributed by atoms with E-state index in [-0.39, 0.29) is 6.10 Å². The summed E-state index contributed by atoms with van der Waals surface area (Å²) in [7, 11) is 0. The highest BCUT2D eigenvalue weighted by atomic mass is 32.1. The molecule has 2 rings (SSSR count). The number of hydrogen-bond acceptors (Lipinski definition) is 4. The molecule has 0 radical (unpaired) electrons. The molecule has 1 aliphatic rings. The average Bonchev–Trinajstić information content (AvgIpc) is 2.64. The third kappa shape index (κ3) is 3.54. The zero-order chi connectivity index (χ0) is 11.4. The van der Waals surface area contributed by atoms with Crippen molar-refractivity contribution in [3.05, 3.63) is 16.1 Å². The fourth-order valence-electron chi connectivity index (χ4n) is 2.33. The van der Waals surface area contributed by atoms with E-state index in [1.54, 1.807) is 11.3 Å². The summed E-state index contributed by atoms with van der Waals surface area (Å²) in [5.74, 6) is 0.651. The highest BCUT2D eigenvalue weighted by Crippen LogP contribution is 2.23. The van der Waals surface area contributed by atoms with E-state index in [1.165, 1.54) is 17.7 Å². The standard InChI is InChI=1S/C12H20N2OS/c1-9-14-8-12(16-9)7-13-6-10-3-2-4-11(15)5-10/h8,10-11,13,15H,2-7H2,1H3. The van der Waals surface area contributed by atoms with Crippen LogP contribution in [-0.2, 0) is 6.54 Å². The second kappa shape index (κ2) is 5.75. The highest BCUT2D eigenvalue weighted by molar-refractivity contribution is 7.11. The molecule has 1 aromatic rings. The van der Waals surface area contributed by atoms with Crippen LogP contribution < -0.4 is 5.32 Å². The Morgan fingerprint density at radius 1 is 1.56 bits per heavy atom. The monoisotopic (exact) mass is 240 g/mol. The summed E-state index contributed by atoms with van der Waals surface area (Å²) in [6.07, 6.45) is 6.27. The molecule has 0 amide bonds. The number of aliphatic hydroxyl groups excluding tert-OH is 1. The number of aryl methyl sites for hydroxylation is 1. The van der Waals surface area contributed by atoms with Crippen LogP contribution in [0.5, 0.6) is 0 Å². The molecule has 1 saturated carbocycles. The molecule has 2 N–H and O–H groups in total. The molecule has 1 heterocycles. The minimum atomic E-state index is -0.0637. The minimum absolute atomic E-state index is 0.0637. The maximum Gasteiger partial charge on any atom is 0.0897 e. The summed E-state index contributed by atoms with van der Waals surface area (Å²) in [6, 6.07) is 0. The predicted molar refractivity (Wildman–Crippen MR) is 66.5 cm³/mol. The smallest absolute Gasteiger partial charge is 0.0897 e. The molecule has 0 aromatic carbocycles. The summed E-state index contributed by atoms with van der Waals surface area (Å²) >= 11 is 1.75. The molecule has 2 atom stereocenters. The summed E-state index contributed by atoms with van der Waals surface area (Å²) in [6.45, 7) is 3.97. The van der Waals surface area contributed by atoms with E-state index in [9.17, 15) is 5.11 Å². The zero-order valence-electron chi connectivity index (χ0n) is 9.78. The van der Waals surface area contributed by atoms with E-state index in [0.29, 0.717) is 5.92 Å². The molecule has 1 aromatic heterocycles. The molecule has 3 nitrogen and oxygen atoms in total. The van der Waals surface area contributed by atoms with Crippen LogP contribution in [0.15, 0.2) is 6.20 Å². The van der Waals surface area contributed by atoms with Crippen molar-refractivity contribution in [1.82, 2.24) is 10.3 Å². The van der Waals surface area contributed by atoms with E-state index < -0.39 is 0 Å². The van der Waals surface area contributed by atoms with Gasteiger partial charge in [0.2, 0.25) is 0 Å². The van der Waals surface area contributed by atoms with Gasteiger partial charge in [0.25, 0.3) is 0 Å². The first-order chi connectivity index (χ1) is 7.74. The fraction of sp³-hybridized carbons (Fsp3) is 0.750. The van der Waals surface area contributed by atoms with Crippen molar-refractivity contribution < 1.29 is 5.11 Å². The van der Waals surface area contributed by atoms with Crippen molar-refractivity contribution >= 4 is 11.3 Å². The fourth-order valence-corrected chi connectivity index (χ4v) is 3.10. The minimum Gasteiger partial charge on any atom is -0.393 e. The number of aliphatic hydroxyl groups is 1. The third-order valence-electron chi connectivity index (χ3n) is 3.16. The van der Waals surface area contributed by atoms with Crippen LogP contribution in [-0.4, -0.2) is 22.7 Å². The van der Waals surface area contributed by atoms with Gasteiger partial charge in [0, 0.05) is 17.6 Å². The quantitative estimate of drug-likeness (QED) is 0.847. The summed E-state index contributed by atoms with van der Waals surface area (Å²) in [5.41, 5.74) is 0. The van der Waals surface area contributed by atoms with Gasteiger partial charge in [0.15, 0.2) is 0 Å². The maximum atomic E-state index is 9.56. The van der Waals surface area contributed by atoms with Gasteiger partial charge >= 0.3 is 0 Å². The van der Waals surface area contributed by atoms with Gasteiger partial charge in [-0.05, 0) is 38.6 Å². The average molecular weight is 240 g/mol. The van der Waals surface area contributed by atoms with E-state index in [4.69, 9.17) is 0 Å². The van der Waals surface area contributed by atoms with E-state index >= 15 is 0 Å². The maximum absolute atomic E-state index is 9.56. The van der Waals surface area contributed by atoms with Gasteiger partial charge in [-0.3, -0.25) is 0 Å². The van der Waals surface area contributed by atoms with Crippen LogP contribution in [0.25, 0.3) is 0 Å². The Bertz CT molecular complexity index is 327. The van der Waals surface area contributed by atoms with Crippen molar-refractivity contribution in [3.63, 3.8) is 0 Å². The number of thiazole rings is 1. The first kappa shape index (κ1) is 12.0. The Kier molecular flexibility index (Phi) is 4.32. The second-order valence-corrected chi connectivity index (χ2v) is 5.98. The third-order valence-corrected chi connectivity index (χ3v) is 4.07. The normalized spacial score (nSPS) is 25.9. The highest BCUT2D eigenvalue weighted by Gasteiger charge is 2.19. The van der Waals surface area contributed by atoms with Crippen LogP contribution in [0.4, 0.5) is 0 Å². The summed E-state index contributed by atoms with van der Waals surface area (Å²) in [4.78, 5) is 5.53. The van der Waals surface area contributed by atoms with E-state index in [2.05, 4.69) is 10.3 Å². The number of nitrogens with one attached hydrogen (secondary N) is 1. The molecule has 0 aliphatic heterocycles. The Hall–Kier alpha value is -0.450. The van der Waals surface area contributed by atoms with Crippen molar-refractivity contribution in [2.24, 2.45) is 5.92 Å². The lowest BCUT2D eigenvalue weighted by molar-refractivity contribution is 0.101. The number of nitrogens with zero attached hydrogens (tertiary/aromatic N) is 1. The van der Waals surface area contributed by atoms with Crippen LogP contribution in [0.2, 0.25) is 0 Å². The molecular weight excluding hydrogens is 220 g/mol. The number of aromatic nitrogens is 1. The molecular formula is C12H20N2OS. The van der Waals surface area contributed by atoms with E-state index in [1.807, 2.05) is 13.1 Å². The summed E-state index contributed by atoms with van der Waals surface area (Å²) in [5, 5.41) is 14.2. The van der Waals surface area contributed by atoms with Crippen LogP contribution in [0.3, 0.4) is 0 Å². The van der Waals surface area contributed by atoms with Crippen LogP contribution in [0, 0.1) is 12.8 Å². The lowest BCUT2D eigenvalue weighted by atomic mass is 9.87. The molecule has 0 bridgehead atoms. The van der Waals surface area contributed by atoms with Gasteiger partial charge in [-0.2, -0.15) is 0 Å².